The van der Waals surface area contributed by atoms with Gasteiger partial charge in [0.1, 0.15) is 11.6 Å². The van der Waals surface area contributed by atoms with E-state index in [1.807, 2.05) is 37.3 Å². The van der Waals surface area contributed by atoms with Gasteiger partial charge in [0.25, 0.3) is 5.91 Å². The molecule has 9 nitrogen and oxygen atoms in total. The number of anilines is 1. The first-order chi connectivity index (χ1) is 17.0. The van der Waals surface area contributed by atoms with Crippen LogP contribution in [0.5, 0.6) is 0 Å². The van der Waals surface area contributed by atoms with E-state index in [0.717, 1.165) is 30.2 Å². The number of hydrogen-bond donors (Lipinski definition) is 2. The Balaban J connectivity index is 1.85. The molecule has 0 bridgehead atoms. The quantitative estimate of drug-likeness (QED) is 0.413. The molecular formula is C26H31N3O6S. The molecule has 1 aromatic carbocycles. The van der Waals surface area contributed by atoms with Crippen molar-refractivity contribution >= 4 is 38.8 Å². The number of fused-ring (bicyclic) bond motifs is 1. The summed E-state index contributed by atoms with van der Waals surface area (Å²) in [6.45, 7) is 3.67. The summed E-state index contributed by atoms with van der Waals surface area (Å²) < 4.78 is 33.0. The summed E-state index contributed by atoms with van der Waals surface area (Å²) in [5.41, 5.74) is 3.07. The minimum Gasteiger partial charge on any atom is -0.481 e. The highest BCUT2D eigenvalue weighted by Gasteiger charge is 2.34. The van der Waals surface area contributed by atoms with Gasteiger partial charge in [-0.1, -0.05) is 36.8 Å². The smallest absolute Gasteiger partial charge is 0.306 e. The van der Waals surface area contributed by atoms with Crippen molar-refractivity contribution in [3.8, 4) is 11.3 Å². The molecule has 1 fully saturated rings. The Bertz CT molecular complexity index is 1410. The van der Waals surface area contributed by atoms with Crippen molar-refractivity contribution in [2.45, 2.75) is 45.4 Å². The Morgan fingerprint density at radius 1 is 1.25 bits per heavy atom. The molecule has 1 aliphatic carbocycles. The number of aryl methyl sites for hydroxylation is 1. The van der Waals surface area contributed by atoms with Gasteiger partial charge in [0, 0.05) is 19.2 Å². The van der Waals surface area contributed by atoms with Gasteiger partial charge < -0.3 is 14.8 Å². The van der Waals surface area contributed by atoms with Gasteiger partial charge in [-0.05, 0) is 50.2 Å². The number of hydrogen-bond acceptors (Lipinski definition) is 6. The maximum absolute atomic E-state index is 12.9. The van der Waals surface area contributed by atoms with E-state index < -0.39 is 21.9 Å². The van der Waals surface area contributed by atoms with Crippen molar-refractivity contribution in [3.05, 3.63) is 47.0 Å². The predicted octanol–water partition coefficient (Wildman–Crippen LogP) is 4.31. The molecule has 1 saturated carbocycles. The van der Waals surface area contributed by atoms with Crippen LogP contribution in [0.3, 0.4) is 0 Å². The fraction of sp³-hybridized carbons (Fsp3) is 0.423. The van der Waals surface area contributed by atoms with Crippen molar-refractivity contribution in [3.63, 3.8) is 0 Å². The molecule has 36 heavy (non-hydrogen) atoms. The summed E-state index contributed by atoms with van der Waals surface area (Å²) in [6.07, 6.45) is 3.60. The van der Waals surface area contributed by atoms with E-state index in [1.54, 1.807) is 14.0 Å². The zero-order valence-corrected chi connectivity index (χ0v) is 21.7. The summed E-state index contributed by atoms with van der Waals surface area (Å²) in [7, 11) is -2.16. The molecule has 192 valence electrons. The number of aromatic nitrogens is 1. The zero-order chi connectivity index (χ0) is 26.2. The number of nitrogens with one attached hydrogen (secondary N) is 1. The van der Waals surface area contributed by atoms with Crippen LogP contribution >= 0.6 is 0 Å². The number of aliphatic carboxylic acids is 1. The number of pyridine rings is 1. The van der Waals surface area contributed by atoms with Crippen LogP contribution in [0.2, 0.25) is 0 Å². The molecule has 1 atom stereocenters. The van der Waals surface area contributed by atoms with E-state index in [4.69, 9.17) is 4.42 Å². The third-order valence-electron chi connectivity index (χ3n) is 6.53. The van der Waals surface area contributed by atoms with Crippen LogP contribution in [-0.2, 0) is 14.8 Å². The lowest BCUT2D eigenvalue weighted by Gasteiger charge is -2.24. The van der Waals surface area contributed by atoms with E-state index in [2.05, 4.69) is 10.3 Å². The van der Waals surface area contributed by atoms with Gasteiger partial charge in [0.2, 0.25) is 15.7 Å². The SMILES string of the molecule is CNC(=O)c1c(-c2ccc(C)cc2)oc2nc(N(CCC[C@H](C)C(=O)O)S(C)(=O)=O)c(C3CC3)cc12. The Morgan fingerprint density at radius 2 is 1.92 bits per heavy atom. The molecular weight excluding hydrogens is 482 g/mol. The number of carbonyl (C=O) groups is 2. The predicted molar refractivity (Wildman–Crippen MR) is 138 cm³/mol. The molecule has 0 aliphatic heterocycles. The number of nitrogens with zero attached hydrogens (tertiary/aromatic N) is 2. The molecule has 2 aromatic heterocycles. The zero-order valence-electron chi connectivity index (χ0n) is 20.9. The molecule has 4 rings (SSSR count). The van der Waals surface area contributed by atoms with E-state index in [9.17, 15) is 23.1 Å². The van der Waals surface area contributed by atoms with Gasteiger partial charge in [0.15, 0.2) is 0 Å². The molecule has 0 spiro atoms. The first-order valence-corrected chi connectivity index (χ1v) is 13.8. The van der Waals surface area contributed by atoms with Crippen LogP contribution in [0.15, 0.2) is 34.7 Å². The van der Waals surface area contributed by atoms with Crippen LogP contribution in [-0.4, -0.2) is 50.2 Å². The Kier molecular flexibility index (Phi) is 7.08. The second-order valence-corrected chi connectivity index (χ2v) is 11.4. The number of furan rings is 1. The minimum absolute atomic E-state index is 0.0997. The van der Waals surface area contributed by atoms with E-state index in [1.165, 1.54) is 4.31 Å². The van der Waals surface area contributed by atoms with Crippen molar-refractivity contribution in [2.75, 3.05) is 24.2 Å². The summed E-state index contributed by atoms with van der Waals surface area (Å²) in [6, 6.07) is 9.42. The van der Waals surface area contributed by atoms with Gasteiger partial charge in [-0.2, -0.15) is 4.98 Å². The number of carboxylic acids is 1. The van der Waals surface area contributed by atoms with Gasteiger partial charge in [-0.15, -0.1) is 0 Å². The van der Waals surface area contributed by atoms with Crippen molar-refractivity contribution in [1.82, 2.24) is 10.3 Å². The molecule has 0 unspecified atom stereocenters. The lowest BCUT2D eigenvalue weighted by molar-refractivity contribution is -0.141. The number of benzene rings is 1. The van der Waals surface area contributed by atoms with Crippen LogP contribution < -0.4 is 9.62 Å². The van der Waals surface area contributed by atoms with E-state index in [0.29, 0.717) is 35.1 Å². The highest BCUT2D eigenvalue weighted by molar-refractivity contribution is 7.92. The van der Waals surface area contributed by atoms with Gasteiger partial charge in [-0.3, -0.25) is 13.9 Å². The first-order valence-electron chi connectivity index (χ1n) is 12.0. The second-order valence-electron chi connectivity index (χ2n) is 9.50. The highest BCUT2D eigenvalue weighted by atomic mass is 32.2. The van der Waals surface area contributed by atoms with Crippen molar-refractivity contribution in [1.29, 1.82) is 0 Å². The standard InChI is InChI=1S/C26H31N3O6S/c1-15-7-9-18(10-8-15)22-21(24(30)27-3)20-14-19(17-11-12-17)23(28-25(20)35-22)29(36(4,33)34)13-5-6-16(2)26(31)32/h7-10,14,16-17H,5-6,11-13H2,1-4H3,(H,27,30)(H,31,32)/t16-/m0/s1. The summed E-state index contributed by atoms with van der Waals surface area (Å²) in [4.78, 5) is 28.8. The van der Waals surface area contributed by atoms with Crippen LogP contribution in [0, 0.1) is 12.8 Å². The van der Waals surface area contributed by atoms with Crippen LogP contribution in [0.1, 0.15) is 60.0 Å². The Labute approximate surface area is 210 Å². The monoisotopic (exact) mass is 513 g/mol. The maximum atomic E-state index is 12.9. The second kappa shape index (κ2) is 9.93. The minimum atomic E-state index is -3.71. The third-order valence-corrected chi connectivity index (χ3v) is 7.69. The number of carbonyl (C=O) groups excluding carboxylic acids is 1. The third kappa shape index (κ3) is 5.23. The Hall–Kier alpha value is -3.40. The lowest BCUT2D eigenvalue weighted by atomic mass is 10.0. The topological polar surface area (TPSA) is 130 Å². The van der Waals surface area contributed by atoms with Crippen LogP contribution in [0.4, 0.5) is 5.82 Å². The number of amides is 1. The normalized spacial score (nSPS) is 14.6. The van der Waals surface area contributed by atoms with Gasteiger partial charge in [-0.25, -0.2) is 8.42 Å². The fourth-order valence-electron chi connectivity index (χ4n) is 4.28. The van der Waals surface area contributed by atoms with Gasteiger partial charge in [0.05, 0.1) is 23.1 Å². The summed E-state index contributed by atoms with van der Waals surface area (Å²) >= 11 is 0. The summed E-state index contributed by atoms with van der Waals surface area (Å²) in [5.74, 6) is -1.03. The molecule has 1 aliphatic rings. The van der Waals surface area contributed by atoms with E-state index in [-0.39, 0.29) is 29.9 Å². The number of carboxylic acid groups (broad SMARTS) is 1. The first kappa shape index (κ1) is 25.7. The molecule has 1 amide bonds. The molecule has 0 saturated heterocycles. The largest absolute Gasteiger partial charge is 0.481 e. The lowest BCUT2D eigenvalue weighted by Crippen LogP contribution is -2.33. The average molecular weight is 514 g/mol. The van der Waals surface area contributed by atoms with Gasteiger partial charge >= 0.3 is 5.97 Å². The van der Waals surface area contributed by atoms with E-state index >= 15 is 0 Å². The molecule has 0 radical (unpaired) electrons. The molecule has 2 heterocycles. The number of sulfonamides is 1. The average Bonchev–Trinajstić information content (AvgIpc) is 3.60. The van der Waals surface area contributed by atoms with Crippen LogP contribution in [0.25, 0.3) is 22.4 Å². The molecule has 10 heteroatoms. The molecule has 3 aromatic rings. The highest BCUT2D eigenvalue weighted by Crippen LogP contribution is 2.46. The number of rotatable bonds is 10. The molecule has 2 N–H and O–H groups in total. The Morgan fingerprint density at radius 3 is 2.47 bits per heavy atom. The van der Waals surface area contributed by atoms with Crippen molar-refractivity contribution < 1.29 is 27.5 Å². The summed E-state index contributed by atoms with van der Waals surface area (Å²) in [5, 5.41) is 12.4. The fourth-order valence-corrected chi connectivity index (χ4v) is 5.20. The maximum Gasteiger partial charge on any atom is 0.306 e. The van der Waals surface area contributed by atoms with Crippen molar-refractivity contribution in [2.24, 2.45) is 5.92 Å².